The van der Waals surface area contributed by atoms with Gasteiger partial charge in [-0.15, -0.1) is 0 Å². The van der Waals surface area contributed by atoms with E-state index in [-0.39, 0.29) is 0 Å². The van der Waals surface area contributed by atoms with Gasteiger partial charge in [0.1, 0.15) is 0 Å². The predicted octanol–water partition coefficient (Wildman–Crippen LogP) is 5.65. The summed E-state index contributed by atoms with van der Waals surface area (Å²) < 4.78 is 0. The molecule has 0 aromatic rings. The molecule has 0 N–H and O–H groups in total. The Hall–Kier alpha value is -0.520. The first-order valence-electron chi connectivity index (χ1n) is 6.71. The van der Waals surface area contributed by atoms with Gasteiger partial charge in [-0.25, -0.2) is 0 Å². The molecule has 0 aromatic carbocycles. The second-order valence-electron chi connectivity index (χ2n) is 4.13. The second-order valence-corrected chi connectivity index (χ2v) is 4.13. The summed E-state index contributed by atoms with van der Waals surface area (Å²) in [4.78, 5) is 0. The maximum absolute atomic E-state index is 2.36. The van der Waals surface area contributed by atoms with Gasteiger partial charge in [0.15, 0.2) is 0 Å². The van der Waals surface area contributed by atoms with Crippen LogP contribution in [0.1, 0.15) is 71.6 Å². The highest BCUT2D eigenvalue weighted by atomic mass is 13.9. The van der Waals surface area contributed by atoms with E-state index in [0.29, 0.717) is 0 Å². The van der Waals surface area contributed by atoms with E-state index in [0.717, 1.165) is 0 Å². The fourth-order valence-electron chi connectivity index (χ4n) is 1.56. The molecule has 0 radical (unpaired) electrons. The highest BCUT2D eigenvalue weighted by Crippen LogP contribution is 2.04. The average Bonchev–Trinajstić information content (AvgIpc) is 2.26. The van der Waals surface area contributed by atoms with Crippen molar-refractivity contribution in [3.8, 4) is 0 Å². The third-order valence-corrected chi connectivity index (χ3v) is 2.53. The molecule has 0 amide bonds. The van der Waals surface area contributed by atoms with Crippen LogP contribution in [0.2, 0.25) is 0 Å². The smallest absolute Gasteiger partial charge is 0.0351 e. The van der Waals surface area contributed by atoms with Gasteiger partial charge in [-0.05, 0) is 44.9 Å². The van der Waals surface area contributed by atoms with Crippen molar-refractivity contribution in [1.29, 1.82) is 0 Å². The number of unbranched alkanes of at least 4 members (excludes halogenated alkanes) is 6. The number of hydrogen-bond acceptors (Lipinski definition) is 0. The normalized spacial score (nSPS) is 11.9. The van der Waals surface area contributed by atoms with Crippen molar-refractivity contribution in [3.63, 3.8) is 0 Å². The van der Waals surface area contributed by atoms with Crippen LogP contribution in [0.3, 0.4) is 0 Å². The van der Waals surface area contributed by atoms with Crippen LogP contribution in [0.25, 0.3) is 0 Å². The summed E-state index contributed by atoms with van der Waals surface area (Å²) in [5.74, 6) is 0. The molecule has 0 aliphatic rings. The Balaban J connectivity index is 3.06. The molecule has 88 valence electrons. The third kappa shape index (κ3) is 13.5. The fraction of sp³-hybridized carbons (Fsp3) is 0.733. The minimum atomic E-state index is 1.18. The van der Waals surface area contributed by atoms with Crippen LogP contribution < -0.4 is 0 Å². The maximum Gasteiger partial charge on any atom is -0.0351 e. The lowest BCUT2D eigenvalue weighted by molar-refractivity contribution is 0.723. The summed E-state index contributed by atoms with van der Waals surface area (Å²) in [6.07, 6.45) is 21.1. The molecule has 0 aliphatic heterocycles. The molecule has 0 fully saturated rings. The maximum atomic E-state index is 2.36. The van der Waals surface area contributed by atoms with Gasteiger partial charge in [0.2, 0.25) is 0 Å². The quantitative estimate of drug-likeness (QED) is 0.321. The first-order valence-corrected chi connectivity index (χ1v) is 6.71. The number of rotatable bonds is 10. The van der Waals surface area contributed by atoms with Crippen molar-refractivity contribution in [3.05, 3.63) is 24.3 Å². The van der Waals surface area contributed by atoms with E-state index in [1.54, 1.807) is 0 Å². The van der Waals surface area contributed by atoms with Crippen molar-refractivity contribution >= 4 is 0 Å². The van der Waals surface area contributed by atoms with Crippen molar-refractivity contribution < 1.29 is 0 Å². The van der Waals surface area contributed by atoms with Crippen LogP contribution in [0.4, 0.5) is 0 Å². The van der Waals surface area contributed by atoms with E-state index >= 15 is 0 Å². The summed E-state index contributed by atoms with van der Waals surface area (Å²) in [5, 5.41) is 0. The molecular formula is C15H28. The molecule has 0 aliphatic carbocycles. The Morgan fingerprint density at radius 1 is 0.600 bits per heavy atom. The van der Waals surface area contributed by atoms with Gasteiger partial charge in [-0.3, -0.25) is 0 Å². The van der Waals surface area contributed by atoms with Crippen LogP contribution in [-0.2, 0) is 0 Å². The van der Waals surface area contributed by atoms with E-state index in [1.165, 1.54) is 57.8 Å². The minimum Gasteiger partial charge on any atom is -0.0888 e. The van der Waals surface area contributed by atoms with Crippen LogP contribution in [0.15, 0.2) is 24.3 Å². The molecule has 0 nitrogen and oxygen atoms in total. The highest BCUT2D eigenvalue weighted by Gasteiger charge is 1.84. The van der Waals surface area contributed by atoms with Crippen molar-refractivity contribution in [1.82, 2.24) is 0 Å². The lowest BCUT2D eigenvalue weighted by Crippen LogP contribution is -1.74. The molecule has 0 saturated heterocycles. The molecule has 0 atom stereocenters. The van der Waals surface area contributed by atoms with Crippen LogP contribution in [0, 0.1) is 0 Å². The number of hydrogen-bond donors (Lipinski definition) is 0. The third-order valence-electron chi connectivity index (χ3n) is 2.53. The summed E-state index contributed by atoms with van der Waals surface area (Å²) in [6, 6.07) is 0. The Morgan fingerprint density at radius 2 is 1.07 bits per heavy atom. The van der Waals surface area contributed by atoms with Crippen molar-refractivity contribution in [2.24, 2.45) is 0 Å². The molecule has 0 spiro atoms. The average molecular weight is 208 g/mol. The van der Waals surface area contributed by atoms with Crippen molar-refractivity contribution in [2.75, 3.05) is 0 Å². The lowest BCUT2D eigenvalue weighted by atomic mass is 10.1. The Kier molecular flexibility index (Phi) is 13.0. The van der Waals surface area contributed by atoms with Gasteiger partial charge < -0.3 is 0 Å². The Morgan fingerprint density at radius 3 is 1.53 bits per heavy atom. The molecule has 15 heavy (non-hydrogen) atoms. The fourth-order valence-corrected chi connectivity index (χ4v) is 1.56. The summed E-state index contributed by atoms with van der Waals surface area (Å²) in [6.45, 7) is 4.45. The Labute approximate surface area is 96.5 Å². The van der Waals surface area contributed by atoms with Gasteiger partial charge in [0, 0.05) is 0 Å². The van der Waals surface area contributed by atoms with E-state index in [4.69, 9.17) is 0 Å². The van der Waals surface area contributed by atoms with E-state index in [2.05, 4.69) is 38.2 Å². The molecular weight excluding hydrogens is 180 g/mol. The molecule has 0 unspecified atom stereocenters. The molecule has 0 heterocycles. The first-order chi connectivity index (χ1) is 7.41. The monoisotopic (exact) mass is 208 g/mol. The lowest BCUT2D eigenvalue weighted by Gasteiger charge is -1.94. The SMILES string of the molecule is CC/C=C/CCCC/C=C/CCCCC. The van der Waals surface area contributed by atoms with Gasteiger partial charge in [0.25, 0.3) is 0 Å². The standard InChI is InChI=1S/C15H28/c1-3-5-7-9-11-13-15-14-12-10-8-6-4-2/h5,7,12,14H,3-4,6,8-11,13,15H2,1-2H3/b7-5+,14-12+. The zero-order valence-electron chi connectivity index (χ0n) is 10.7. The van der Waals surface area contributed by atoms with E-state index in [9.17, 15) is 0 Å². The van der Waals surface area contributed by atoms with Crippen LogP contribution in [0.5, 0.6) is 0 Å². The van der Waals surface area contributed by atoms with E-state index in [1.807, 2.05) is 0 Å². The molecule has 0 bridgehead atoms. The topological polar surface area (TPSA) is 0 Å². The predicted molar refractivity (Wildman–Crippen MR) is 71.2 cm³/mol. The zero-order valence-corrected chi connectivity index (χ0v) is 10.7. The first kappa shape index (κ1) is 14.5. The summed E-state index contributed by atoms with van der Waals surface area (Å²) in [7, 11) is 0. The van der Waals surface area contributed by atoms with Crippen molar-refractivity contribution in [2.45, 2.75) is 71.6 Å². The highest BCUT2D eigenvalue weighted by molar-refractivity contribution is 4.83. The Bertz CT molecular complexity index is 153. The molecule has 0 aromatic heterocycles. The molecule has 0 saturated carbocycles. The van der Waals surface area contributed by atoms with Gasteiger partial charge >= 0.3 is 0 Å². The van der Waals surface area contributed by atoms with Gasteiger partial charge in [0.05, 0.1) is 0 Å². The molecule has 0 heteroatoms. The minimum absolute atomic E-state index is 1.18. The molecule has 0 rings (SSSR count). The number of allylic oxidation sites excluding steroid dienone is 4. The van der Waals surface area contributed by atoms with Crippen LogP contribution in [-0.4, -0.2) is 0 Å². The van der Waals surface area contributed by atoms with E-state index < -0.39 is 0 Å². The largest absolute Gasteiger partial charge is 0.0888 e. The second kappa shape index (κ2) is 13.5. The zero-order chi connectivity index (χ0) is 11.2. The summed E-state index contributed by atoms with van der Waals surface area (Å²) >= 11 is 0. The summed E-state index contributed by atoms with van der Waals surface area (Å²) in [5.41, 5.74) is 0. The van der Waals surface area contributed by atoms with Crippen LogP contribution >= 0.6 is 0 Å². The van der Waals surface area contributed by atoms with Gasteiger partial charge in [-0.1, -0.05) is 51.0 Å². The van der Waals surface area contributed by atoms with Gasteiger partial charge in [-0.2, -0.15) is 0 Å².